The van der Waals surface area contributed by atoms with Gasteiger partial charge in [0, 0.05) is 39.3 Å². The van der Waals surface area contributed by atoms with E-state index < -0.39 is 17.8 Å². The van der Waals surface area contributed by atoms with Gasteiger partial charge in [-0.05, 0) is 18.1 Å². The number of piperazine rings is 1. The van der Waals surface area contributed by atoms with Gasteiger partial charge in [-0.1, -0.05) is 26.0 Å². The molecular weight excluding hydrogens is 323 g/mol. The second-order valence-electron chi connectivity index (χ2n) is 6.56. The van der Waals surface area contributed by atoms with Crippen LogP contribution in [-0.2, 0) is 4.79 Å². The molecule has 7 heteroatoms. The van der Waals surface area contributed by atoms with Gasteiger partial charge < -0.3 is 16.0 Å². The van der Waals surface area contributed by atoms with Crippen molar-refractivity contribution < 1.29 is 14.0 Å². The Kier molecular flexibility index (Phi) is 7.33. The van der Waals surface area contributed by atoms with Crippen molar-refractivity contribution in [1.29, 1.82) is 0 Å². The maximum atomic E-state index is 13.7. The van der Waals surface area contributed by atoms with Crippen LogP contribution >= 0.6 is 0 Å². The van der Waals surface area contributed by atoms with Crippen molar-refractivity contribution in [3.63, 3.8) is 0 Å². The Hall–Kier alpha value is -1.99. The number of nitrogens with one attached hydrogen (secondary N) is 3. The Morgan fingerprint density at radius 1 is 1.24 bits per heavy atom. The van der Waals surface area contributed by atoms with Gasteiger partial charge in [-0.2, -0.15) is 0 Å². The lowest BCUT2D eigenvalue weighted by Crippen LogP contribution is -2.52. The zero-order valence-corrected chi connectivity index (χ0v) is 14.8. The summed E-state index contributed by atoms with van der Waals surface area (Å²) in [4.78, 5) is 27.0. The van der Waals surface area contributed by atoms with Gasteiger partial charge in [0.25, 0.3) is 5.91 Å². The highest BCUT2D eigenvalue weighted by Gasteiger charge is 2.25. The van der Waals surface area contributed by atoms with E-state index in [0.29, 0.717) is 6.54 Å². The van der Waals surface area contributed by atoms with Crippen LogP contribution in [0.15, 0.2) is 24.3 Å². The molecule has 1 unspecified atom stereocenters. The van der Waals surface area contributed by atoms with E-state index in [-0.39, 0.29) is 17.4 Å². The van der Waals surface area contributed by atoms with E-state index >= 15 is 0 Å². The topological polar surface area (TPSA) is 73.5 Å². The predicted octanol–water partition coefficient (Wildman–Crippen LogP) is 0.602. The molecule has 1 aliphatic rings. The monoisotopic (exact) mass is 350 g/mol. The van der Waals surface area contributed by atoms with Gasteiger partial charge in [0.1, 0.15) is 11.9 Å². The molecule has 0 saturated carbocycles. The fraction of sp³-hybridized carbons (Fsp3) is 0.556. The van der Waals surface area contributed by atoms with E-state index in [1.54, 1.807) is 6.07 Å². The second-order valence-corrected chi connectivity index (χ2v) is 6.56. The van der Waals surface area contributed by atoms with Crippen LogP contribution in [0.25, 0.3) is 0 Å². The highest BCUT2D eigenvalue weighted by molar-refractivity contribution is 5.97. The molecule has 25 heavy (non-hydrogen) atoms. The molecule has 0 aromatic heterocycles. The van der Waals surface area contributed by atoms with Gasteiger partial charge >= 0.3 is 0 Å². The first kappa shape index (κ1) is 19.3. The van der Waals surface area contributed by atoms with Crippen molar-refractivity contribution in [2.75, 3.05) is 39.3 Å². The van der Waals surface area contributed by atoms with Crippen LogP contribution in [0.5, 0.6) is 0 Å². The van der Waals surface area contributed by atoms with Crippen LogP contribution in [-0.4, -0.2) is 62.0 Å². The summed E-state index contributed by atoms with van der Waals surface area (Å²) in [6, 6.07) is 5.05. The van der Waals surface area contributed by atoms with E-state index in [9.17, 15) is 14.0 Å². The minimum absolute atomic E-state index is 0.0539. The maximum absolute atomic E-state index is 13.7. The molecular formula is C18H27FN4O2. The lowest BCUT2D eigenvalue weighted by Gasteiger charge is -2.28. The van der Waals surface area contributed by atoms with Gasteiger partial charge in [0.2, 0.25) is 5.91 Å². The number of hydrogen-bond acceptors (Lipinski definition) is 4. The second kappa shape index (κ2) is 9.48. The largest absolute Gasteiger partial charge is 0.353 e. The number of halogens is 1. The van der Waals surface area contributed by atoms with Crippen molar-refractivity contribution >= 4 is 11.8 Å². The van der Waals surface area contributed by atoms with E-state index in [1.807, 2.05) is 13.8 Å². The molecule has 1 heterocycles. The number of carbonyl (C=O) groups excluding carboxylic acids is 2. The molecule has 1 atom stereocenters. The Bertz CT molecular complexity index is 588. The lowest BCUT2D eigenvalue weighted by atomic mass is 10.0. The summed E-state index contributed by atoms with van der Waals surface area (Å²) in [5.41, 5.74) is -0.0539. The molecule has 138 valence electrons. The third-order valence-electron chi connectivity index (χ3n) is 4.29. The Labute approximate surface area is 148 Å². The summed E-state index contributed by atoms with van der Waals surface area (Å²) in [5.74, 6) is -1.51. The van der Waals surface area contributed by atoms with Crippen LogP contribution in [0.3, 0.4) is 0 Å². The van der Waals surface area contributed by atoms with Crippen molar-refractivity contribution in [2.45, 2.75) is 19.9 Å². The Balaban J connectivity index is 1.87. The predicted molar refractivity (Wildman–Crippen MR) is 94.8 cm³/mol. The lowest BCUT2D eigenvalue weighted by molar-refractivity contribution is -0.124. The number of hydrogen-bond donors (Lipinski definition) is 3. The first-order valence-corrected chi connectivity index (χ1v) is 8.75. The maximum Gasteiger partial charge on any atom is 0.254 e. The molecule has 3 N–H and O–H groups in total. The normalized spacial score (nSPS) is 16.5. The van der Waals surface area contributed by atoms with Crippen LogP contribution < -0.4 is 16.0 Å². The zero-order chi connectivity index (χ0) is 18.2. The third-order valence-corrected chi connectivity index (χ3v) is 4.29. The third kappa shape index (κ3) is 5.79. The smallest absolute Gasteiger partial charge is 0.254 e. The molecule has 2 rings (SSSR count). The summed E-state index contributed by atoms with van der Waals surface area (Å²) in [6.07, 6.45) is 0. The van der Waals surface area contributed by atoms with Gasteiger partial charge in [-0.15, -0.1) is 0 Å². The molecule has 2 amide bonds. The number of nitrogens with zero attached hydrogens (tertiary/aromatic N) is 1. The van der Waals surface area contributed by atoms with Crippen LogP contribution in [0.2, 0.25) is 0 Å². The molecule has 0 aliphatic carbocycles. The van der Waals surface area contributed by atoms with E-state index in [0.717, 1.165) is 32.7 Å². The molecule has 1 aliphatic heterocycles. The van der Waals surface area contributed by atoms with Gasteiger partial charge in [-0.25, -0.2) is 4.39 Å². The van der Waals surface area contributed by atoms with Gasteiger partial charge in [-0.3, -0.25) is 14.5 Å². The Morgan fingerprint density at radius 2 is 1.92 bits per heavy atom. The van der Waals surface area contributed by atoms with Crippen LogP contribution in [0.4, 0.5) is 4.39 Å². The molecule has 6 nitrogen and oxygen atoms in total. The summed E-state index contributed by atoms with van der Waals surface area (Å²) in [7, 11) is 0. The van der Waals surface area contributed by atoms with E-state index in [4.69, 9.17) is 0 Å². The van der Waals surface area contributed by atoms with Crippen LogP contribution in [0.1, 0.15) is 24.2 Å². The van der Waals surface area contributed by atoms with Gasteiger partial charge in [0.15, 0.2) is 0 Å². The van der Waals surface area contributed by atoms with E-state index in [1.165, 1.54) is 18.2 Å². The van der Waals surface area contributed by atoms with Crippen molar-refractivity contribution in [3.8, 4) is 0 Å². The number of amides is 2. The van der Waals surface area contributed by atoms with Crippen LogP contribution in [0, 0.1) is 11.7 Å². The SMILES string of the molecule is CC(C)C(NC(=O)c1ccccc1F)C(=O)NCCN1CCNCC1. The minimum Gasteiger partial charge on any atom is -0.353 e. The van der Waals surface area contributed by atoms with E-state index in [2.05, 4.69) is 20.9 Å². The number of carbonyl (C=O) groups is 2. The first-order valence-electron chi connectivity index (χ1n) is 8.75. The average molecular weight is 350 g/mol. The van der Waals surface area contributed by atoms with Crippen molar-refractivity contribution in [1.82, 2.24) is 20.9 Å². The minimum atomic E-state index is -0.699. The van der Waals surface area contributed by atoms with Crippen molar-refractivity contribution in [3.05, 3.63) is 35.6 Å². The standard InChI is InChI=1S/C18H27FN4O2/c1-13(2)16(22-17(24)14-5-3-4-6-15(14)19)18(25)21-9-12-23-10-7-20-8-11-23/h3-6,13,16,20H,7-12H2,1-2H3,(H,21,25)(H,22,24). The molecule has 1 aromatic rings. The summed E-state index contributed by atoms with van der Waals surface area (Å²) < 4.78 is 13.7. The quantitative estimate of drug-likeness (QED) is 0.673. The fourth-order valence-corrected chi connectivity index (χ4v) is 2.78. The summed E-state index contributed by atoms with van der Waals surface area (Å²) in [6.45, 7) is 8.85. The average Bonchev–Trinajstić information content (AvgIpc) is 2.60. The van der Waals surface area contributed by atoms with Gasteiger partial charge in [0.05, 0.1) is 5.56 Å². The fourth-order valence-electron chi connectivity index (χ4n) is 2.78. The molecule has 1 saturated heterocycles. The summed E-state index contributed by atoms with van der Waals surface area (Å²) in [5, 5.41) is 8.80. The summed E-state index contributed by atoms with van der Waals surface area (Å²) >= 11 is 0. The Morgan fingerprint density at radius 3 is 2.56 bits per heavy atom. The molecule has 0 bridgehead atoms. The molecule has 1 aromatic carbocycles. The number of benzene rings is 1. The highest BCUT2D eigenvalue weighted by Crippen LogP contribution is 2.09. The zero-order valence-electron chi connectivity index (χ0n) is 14.8. The molecule has 0 radical (unpaired) electrons. The van der Waals surface area contributed by atoms with Crippen molar-refractivity contribution in [2.24, 2.45) is 5.92 Å². The first-order chi connectivity index (χ1) is 12.0. The number of rotatable bonds is 7. The molecule has 1 fully saturated rings. The highest BCUT2D eigenvalue weighted by atomic mass is 19.1. The molecule has 0 spiro atoms.